The fraction of sp³-hybridized carbons (Fsp3) is 0.300. The van der Waals surface area contributed by atoms with Crippen molar-refractivity contribution in [2.75, 3.05) is 23.5 Å². The molecule has 0 atom stereocenters. The van der Waals surface area contributed by atoms with Crippen LogP contribution >= 0.6 is 0 Å². The fourth-order valence-electron chi connectivity index (χ4n) is 3.77. The van der Waals surface area contributed by atoms with E-state index in [1.54, 1.807) is 0 Å². The average Bonchev–Trinajstić information content (AvgIpc) is 3.12. The summed E-state index contributed by atoms with van der Waals surface area (Å²) in [5, 5.41) is 5.50. The van der Waals surface area contributed by atoms with Crippen molar-refractivity contribution < 1.29 is 0 Å². The molecule has 1 fully saturated rings. The van der Waals surface area contributed by atoms with Crippen molar-refractivity contribution in [1.82, 2.24) is 15.3 Å². The van der Waals surface area contributed by atoms with E-state index in [0.29, 0.717) is 5.92 Å². The number of hydrogen-bond donors (Lipinski definition) is 2. The van der Waals surface area contributed by atoms with Gasteiger partial charge in [0.05, 0.1) is 23.3 Å². The topological polar surface area (TPSA) is 53.1 Å². The van der Waals surface area contributed by atoms with Crippen LogP contribution in [0.1, 0.15) is 30.0 Å². The number of nitrogens with one attached hydrogen (secondary N) is 2. The summed E-state index contributed by atoms with van der Waals surface area (Å²) in [6.45, 7) is 3.00. The largest absolute Gasteiger partial charge is 0.317 e. The van der Waals surface area contributed by atoms with Gasteiger partial charge in [-0.2, -0.15) is 0 Å². The minimum atomic E-state index is 0.570. The second-order valence-corrected chi connectivity index (χ2v) is 6.82. The van der Waals surface area contributed by atoms with Gasteiger partial charge < -0.3 is 5.32 Å². The predicted molar refractivity (Wildman–Crippen MR) is 101 cm³/mol. The fourth-order valence-corrected chi connectivity index (χ4v) is 3.77. The highest BCUT2D eigenvalue weighted by Gasteiger charge is 2.20. The highest BCUT2D eigenvalue weighted by atomic mass is 15.5. The lowest BCUT2D eigenvalue weighted by Gasteiger charge is -2.22. The van der Waals surface area contributed by atoms with Crippen molar-refractivity contribution in [2.24, 2.45) is 0 Å². The Morgan fingerprint density at radius 2 is 1.68 bits per heavy atom. The minimum Gasteiger partial charge on any atom is -0.317 e. The molecule has 0 radical (unpaired) electrons. The van der Waals surface area contributed by atoms with Gasteiger partial charge in [0.1, 0.15) is 5.82 Å². The molecular weight excluding hydrogens is 310 g/mol. The molecule has 2 aliphatic rings. The number of para-hydroxylation sites is 1. The third kappa shape index (κ3) is 2.70. The highest BCUT2D eigenvalue weighted by Crippen LogP contribution is 2.29. The van der Waals surface area contributed by atoms with E-state index in [4.69, 9.17) is 9.97 Å². The van der Waals surface area contributed by atoms with E-state index in [-0.39, 0.29) is 0 Å². The van der Waals surface area contributed by atoms with Gasteiger partial charge in [-0.1, -0.05) is 18.2 Å². The van der Waals surface area contributed by atoms with Gasteiger partial charge in [0.25, 0.3) is 0 Å². The van der Waals surface area contributed by atoms with E-state index < -0.39 is 0 Å². The van der Waals surface area contributed by atoms with E-state index >= 15 is 0 Å². The Balaban J connectivity index is 1.43. The molecular formula is C20H21N5. The van der Waals surface area contributed by atoms with E-state index in [9.17, 15) is 0 Å². The number of pyridine rings is 2. The van der Waals surface area contributed by atoms with Gasteiger partial charge in [-0.3, -0.25) is 15.4 Å². The van der Waals surface area contributed by atoms with Crippen LogP contribution in [0.15, 0.2) is 48.5 Å². The van der Waals surface area contributed by atoms with Gasteiger partial charge in [0.15, 0.2) is 0 Å². The zero-order chi connectivity index (χ0) is 16.6. The van der Waals surface area contributed by atoms with E-state index in [2.05, 4.69) is 64.3 Å². The molecule has 25 heavy (non-hydrogen) atoms. The Labute approximate surface area is 147 Å². The van der Waals surface area contributed by atoms with Gasteiger partial charge in [-0.25, -0.2) is 4.98 Å². The van der Waals surface area contributed by atoms with Crippen molar-refractivity contribution >= 4 is 22.5 Å². The SMILES string of the molecule is c1ccc2c(c1)CN(c1ccc3nc(C4CCNCC4)ccc3n1)N2. The number of rotatable bonds is 2. The highest BCUT2D eigenvalue weighted by molar-refractivity contribution is 5.77. The van der Waals surface area contributed by atoms with Crippen molar-refractivity contribution in [3.05, 3.63) is 59.8 Å². The molecule has 0 aliphatic carbocycles. The van der Waals surface area contributed by atoms with Gasteiger partial charge in [0, 0.05) is 11.6 Å². The maximum atomic E-state index is 4.88. The molecule has 0 saturated carbocycles. The van der Waals surface area contributed by atoms with E-state index in [1.807, 2.05) is 0 Å². The van der Waals surface area contributed by atoms with Crippen LogP contribution in [0.4, 0.5) is 11.5 Å². The molecule has 1 aromatic carbocycles. The molecule has 126 valence electrons. The number of anilines is 2. The maximum Gasteiger partial charge on any atom is 0.148 e. The molecule has 2 N–H and O–H groups in total. The Kier molecular flexibility index (Phi) is 3.52. The molecule has 0 unspecified atom stereocenters. The number of hydrogen-bond acceptors (Lipinski definition) is 5. The number of piperidine rings is 1. The standard InChI is InChI=1S/C20H21N5/c1-2-4-17-15(3-1)13-25(24-17)20-8-7-18-19(23-20)6-5-16(22-18)14-9-11-21-12-10-14/h1-8,14,21,24H,9-13H2. The van der Waals surface area contributed by atoms with Crippen LogP contribution in [0.5, 0.6) is 0 Å². The summed E-state index contributed by atoms with van der Waals surface area (Å²) in [6, 6.07) is 16.8. The first kappa shape index (κ1) is 14.7. The lowest BCUT2D eigenvalue weighted by atomic mass is 9.94. The van der Waals surface area contributed by atoms with E-state index in [0.717, 1.165) is 42.2 Å². The van der Waals surface area contributed by atoms with Crippen molar-refractivity contribution in [3.8, 4) is 0 Å². The molecule has 5 rings (SSSR count). The monoisotopic (exact) mass is 331 g/mol. The first-order chi connectivity index (χ1) is 12.4. The molecule has 5 nitrogen and oxygen atoms in total. The van der Waals surface area contributed by atoms with Crippen LogP contribution in [0.2, 0.25) is 0 Å². The summed E-state index contributed by atoms with van der Waals surface area (Å²) >= 11 is 0. The third-order valence-electron chi connectivity index (χ3n) is 5.18. The minimum absolute atomic E-state index is 0.570. The number of aromatic nitrogens is 2. The smallest absolute Gasteiger partial charge is 0.148 e. The van der Waals surface area contributed by atoms with Gasteiger partial charge in [-0.05, 0) is 61.8 Å². The van der Waals surface area contributed by atoms with Crippen molar-refractivity contribution in [1.29, 1.82) is 0 Å². The molecule has 2 aromatic heterocycles. The van der Waals surface area contributed by atoms with Crippen LogP contribution in [-0.4, -0.2) is 23.1 Å². The van der Waals surface area contributed by atoms with Crippen LogP contribution in [0, 0.1) is 0 Å². The first-order valence-corrected chi connectivity index (χ1v) is 8.97. The third-order valence-corrected chi connectivity index (χ3v) is 5.18. The summed E-state index contributed by atoms with van der Waals surface area (Å²) < 4.78 is 0. The molecule has 4 heterocycles. The Bertz CT molecular complexity index is 892. The zero-order valence-electron chi connectivity index (χ0n) is 14.1. The first-order valence-electron chi connectivity index (χ1n) is 8.97. The molecule has 5 heteroatoms. The number of nitrogens with zero attached hydrogens (tertiary/aromatic N) is 3. The number of fused-ring (bicyclic) bond motifs is 2. The van der Waals surface area contributed by atoms with Gasteiger partial charge >= 0.3 is 0 Å². The number of benzene rings is 1. The van der Waals surface area contributed by atoms with Crippen LogP contribution in [0.25, 0.3) is 11.0 Å². The maximum absolute atomic E-state index is 4.88. The Morgan fingerprint density at radius 3 is 2.56 bits per heavy atom. The Hall–Kier alpha value is -2.66. The van der Waals surface area contributed by atoms with Gasteiger partial charge in [0.2, 0.25) is 0 Å². The summed E-state index contributed by atoms with van der Waals surface area (Å²) in [5.74, 6) is 1.50. The van der Waals surface area contributed by atoms with Crippen molar-refractivity contribution in [2.45, 2.75) is 25.3 Å². The number of hydrazine groups is 1. The zero-order valence-corrected chi connectivity index (χ0v) is 14.1. The van der Waals surface area contributed by atoms with Crippen molar-refractivity contribution in [3.63, 3.8) is 0 Å². The summed E-state index contributed by atoms with van der Waals surface area (Å²) in [7, 11) is 0. The summed E-state index contributed by atoms with van der Waals surface area (Å²) in [6.07, 6.45) is 2.33. The molecule has 0 bridgehead atoms. The predicted octanol–water partition coefficient (Wildman–Crippen LogP) is 3.44. The van der Waals surface area contributed by atoms with E-state index in [1.165, 1.54) is 24.1 Å². The Morgan fingerprint density at radius 1 is 0.880 bits per heavy atom. The second-order valence-electron chi connectivity index (χ2n) is 6.82. The normalized spacial score (nSPS) is 17.5. The summed E-state index contributed by atoms with van der Waals surface area (Å²) in [5.41, 5.74) is 9.01. The molecule has 0 spiro atoms. The quantitative estimate of drug-likeness (QED) is 0.753. The average molecular weight is 331 g/mol. The lowest BCUT2D eigenvalue weighted by Crippen LogP contribution is -2.27. The molecule has 1 saturated heterocycles. The second kappa shape index (κ2) is 6.01. The summed E-state index contributed by atoms with van der Waals surface area (Å²) in [4.78, 5) is 9.69. The molecule has 3 aromatic rings. The van der Waals surface area contributed by atoms with Crippen LogP contribution in [0.3, 0.4) is 0 Å². The van der Waals surface area contributed by atoms with Crippen LogP contribution in [-0.2, 0) is 6.54 Å². The van der Waals surface area contributed by atoms with Crippen LogP contribution < -0.4 is 15.8 Å². The molecule has 0 amide bonds. The molecule has 2 aliphatic heterocycles. The van der Waals surface area contributed by atoms with Gasteiger partial charge in [-0.15, -0.1) is 0 Å². The lowest BCUT2D eigenvalue weighted by molar-refractivity contribution is 0.454.